The Morgan fingerprint density at radius 3 is 2.55 bits per heavy atom. The van der Waals surface area contributed by atoms with E-state index in [2.05, 4.69) is 5.10 Å². The summed E-state index contributed by atoms with van der Waals surface area (Å²) in [4.78, 5) is 13.3. The quantitative estimate of drug-likeness (QED) is 0.837. The van der Waals surface area contributed by atoms with Gasteiger partial charge in [0.05, 0.1) is 5.69 Å². The van der Waals surface area contributed by atoms with E-state index in [0.717, 1.165) is 29.0 Å². The fourth-order valence-electron chi connectivity index (χ4n) is 3.11. The van der Waals surface area contributed by atoms with Crippen molar-refractivity contribution < 1.29 is 18.0 Å². The Morgan fingerprint density at radius 1 is 1.41 bits per heavy atom. The number of carbonyl (C=O) groups is 1. The number of halogens is 3. The molecule has 0 atom stereocenters. The molecule has 7 heteroatoms. The van der Waals surface area contributed by atoms with E-state index in [4.69, 9.17) is 0 Å². The first-order valence-corrected chi connectivity index (χ1v) is 7.61. The molecule has 1 aromatic heterocycles. The van der Waals surface area contributed by atoms with Crippen molar-refractivity contribution in [3.05, 3.63) is 17.5 Å². The van der Waals surface area contributed by atoms with Crippen molar-refractivity contribution in [3.63, 3.8) is 0 Å². The van der Waals surface area contributed by atoms with E-state index in [-0.39, 0.29) is 12.5 Å². The molecule has 1 aliphatic carbocycles. The molecule has 1 aliphatic rings. The zero-order valence-electron chi connectivity index (χ0n) is 13.0. The van der Waals surface area contributed by atoms with Crippen LogP contribution in [0.2, 0.25) is 0 Å². The van der Waals surface area contributed by atoms with Crippen LogP contribution in [0.5, 0.6) is 0 Å². The summed E-state index contributed by atoms with van der Waals surface area (Å²) in [6.07, 6.45) is 1.14. The minimum atomic E-state index is -4.34. The minimum Gasteiger partial charge on any atom is -0.331 e. The Balaban J connectivity index is 2.00. The van der Waals surface area contributed by atoms with E-state index in [1.54, 1.807) is 11.7 Å². The monoisotopic (exact) mass is 317 g/mol. The molecule has 2 rings (SSSR count). The van der Waals surface area contributed by atoms with E-state index >= 15 is 0 Å². The molecule has 0 spiro atoms. The van der Waals surface area contributed by atoms with Gasteiger partial charge in [-0.15, -0.1) is 0 Å². The average Bonchev–Trinajstić information content (AvgIpc) is 3.02. The van der Waals surface area contributed by atoms with Crippen LogP contribution in [0.3, 0.4) is 0 Å². The van der Waals surface area contributed by atoms with Gasteiger partial charge in [0.1, 0.15) is 6.54 Å². The van der Waals surface area contributed by atoms with Gasteiger partial charge in [-0.25, -0.2) is 0 Å². The van der Waals surface area contributed by atoms with Crippen LogP contribution in [0.25, 0.3) is 0 Å². The number of aromatic nitrogens is 2. The van der Waals surface area contributed by atoms with Gasteiger partial charge in [0, 0.05) is 25.7 Å². The van der Waals surface area contributed by atoms with Crippen molar-refractivity contribution >= 4 is 5.91 Å². The largest absolute Gasteiger partial charge is 0.406 e. The Labute approximate surface area is 128 Å². The lowest BCUT2D eigenvalue weighted by molar-refractivity contribution is -0.165. The Hall–Kier alpha value is -1.53. The molecule has 1 heterocycles. The number of rotatable bonds is 5. The molecule has 0 radical (unpaired) electrons. The molecule has 124 valence electrons. The molecule has 22 heavy (non-hydrogen) atoms. The number of aryl methyl sites for hydroxylation is 3. The van der Waals surface area contributed by atoms with Gasteiger partial charge >= 0.3 is 6.18 Å². The van der Waals surface area contributed by atoms with Crippen LogP contribution < -0.4 is 0 Å². The number of carbonyl (C=O) groups excluding carboxylic acids is 1. The second-order valence-corrected chi connectivity index (χ2v) is 5.99. The maximum absolute atomic E-state index is 12.7. The number of alkyl halides is 3. The third-order valence-corrected chi connectivity index (χ3v) is 4.16. The highest BCUT2D eigenvalue weighted by molar-refractivity contribution is 5.77. The van der Waals surface area contributed by atoms with Crippen molar-refractivity contribution in [1.82, 2.24) is 14.7 Å². The van der Waals surface area contributed by atoms with Crippen molar-refractivity contribution in [2.24, 2.45) is 7.05 Å². The highest BCUT2D eigenvalue weighted by Gasteiger charge is 2.37. The van der Waals surface area contributed by atoms with Gasteiger partial charge in [-0.1, -0.05) is 12.8 Å². The van der Waals surface area contributed by atoms with Gasteiger partial charge in [0.25, 0.3) is 0 Å². The lowest BCUT2D eigenvalue weighted by Gasteiger charge is -2.30. The van der Waals surface area contributed by atoms with Crippen molar-refractivity contribution in [1.29, 1.82) is 0 Å². The number of nitrogens with zero attached hydrogens (tertiary/aromatic N) is 3. The predicted octanol–water partition coefficient (Wildman–Crippen LogP) is 2.99. The van der Waals surface area contributed by atoms with E-state index < -0.39 is 18.6 Å². The molecule has 0 N–H and O–H groups in total. The van der Waals surface area contributed by atoms with Gasteiger partial charge < -0.3 is 4.90 Å². The van der Waals surface area contributed by atoms with Gasteiger partial charge in [-0.3, -0.25) is 9.48 Å². The highest BCUT2D eigenvalue weighted by atomic mass is 19.4. The number of hydrogen-bond donors (Lipinski definition) is 0. The molecule has 4 nitrogen and oxygen atoms in total. The molecule has 0 aromatic carbocycles. The van der Waals surface area contributed by atoms with Crippen LogP contribution in [0, 0.1) is 6.92 Å². The molecule has 1 fully saturated rings. The van der Waals surface area contributed by atoms with E-state index in [1.807, 2.05) is 13.1 Å². The summed E-state index contributed by atoms with van der Waals surface area (Å²) in [7, 11) is 1.78. The normalized spacial score (nSPS) is 16.2. The van der Waals surface area contributed by atoms with E-state index in [1.165, 1.54) is 0 Å². The number of amides is 1. The molecular weight excluding hydrogens is 295 g/mol. The Bertz CT molecular complexity index is 519. The van der Waals surface area contributed by atoms with E-state index in [9.17, 15) is 18.0 Å². The summed E-state index contributed by atoms with van der Waals surface area (Å²) in [6.45, 7) is 0.701. The second-order valence-electron chi connectivity index (χ2n) is 5.99. The predicted molar refractivity (Wildman–Crippen MR) is 76.3 cm³/mol. The second kappa shape index (κ2) is 6.71. The zero-order valence-corrected chi connectivity index (χ0v) is 13.0. The zero-order chi connectivity index (χ0) is 16.3. The molecular formula is C15H22F3N3O. The topological polar surface area (TPSA) is 38.1 Å². The minimum absolute atomic E-state index is 0.0963. The molecule has 0 aliphatic heterocycles. The third-order valence-electron chi connectivity index (χ3n) is 4.16. The average molecular weight is 317 g/mol. The lowest BCUT2D eigenvalue weighted by Crippen LogP contribution is -2.44. The standard InChI is InChI=1S/C15H22F3N3O/c1-11-12(9-20(2)19-11)7-8-14(22)21(10-15(16,17)18)13-5-3-4-6-13/h9,13H,3-8,10H2,1-2H3. The maximum atomic E-state index is 12.7. The highest BCUT2D eigenvalue weighted by Crippen LogP contribution is 2.28. The SMILES string of the molecule is Cc1nn(C)cc1CCC(=O)N(CC(F)(F)F)C1CCCC1. The van der Waals surface area contributed by atoms with Crippen LogP contribution in [0.4, 0.5) is 13.2 Å². The van der Waals surface area contributed by atoms with Gasteiger partial charge in [0.2, 0.25) is 5.91 Å². The lowest BCUT2D eigenvalue weighted by atomic mass is 10.1. The van der Waals surface area contributed by atoms with Gasteiger partial charge in [-0.05, 0) is 31.7 Å². The Morgan fingerprint density at radius 2 is 2.05 bits per heavy atom. The fourth-order valence-corrected chi connectivity index (χ4v) is 3.11. The number of hydrogen-bond acceptors (Lipinski definition) is 2. The van der Waals surface area contributed by atoms with Crippen LogP contribution in [-0.2, 0) is 18.3 Å². The third kappa shape index (κ3) is 4.48. The first-order valence-electron chi connectivity index (χ1n) is 7.61. The summed E-state index contributed by atoms with van der Waals surface area (Å²) >= 11 is 0. The Kier molecular flexibility index (Phi) is 5.13. The molecule has 1 amide bonds. The fraction of sp³-hybridized carbons (Fsp3) is 0.733. The first kappa shape index (κ1) is 16.8. The molecule has 1 saturated carbocycles. The molecule has 0 saturated heterocycles. The summed E-state index contributed by atoms with van der Waals surface area (Å²) in [5, 5.41) is 4.18. The molecule has 0 unspecified atom stereocenters. The molecule has 1 aromatic rings. The van der Waals surface area contributed by atoms with E-state index in [0.29, 0.717) is 19.3 Å². The van der Waals surface area contributed by atoms with Crippen LogP contribution in [-0.4, -0.2) is 39.4 Å². The first-order chi connectivity index (χ1) is 10.3. The maximum Gasteiger partial charge on any atom is 0.406 e. The summed E-state index contributed by atoms with van der Waals surface area (Å²) in [5.74, 6) is -0.410. The molecule has 0 bridgehead atoms. The van der Waals surface area contributed by atoms with Crippen LogP contribution >= 0.6 is 0 Å². The van der Waals surface area contributed by atoms with Crippen molar-refractivity contribution in [2.45, 2.75) is 57.7 Å². The van der Waals surface area contributed by atoms with Crippen molar-refractivity contribution in [2.75, 3.05) is 6.54 Å². The summed E-state index contributed by atoms with van der Waals surface area (Å²) in [6, 6.07) is -0.260. The van der Waals surface area contributed by atoms with Gasteiger partial charge in [-0.2, -0.15) is 18.3 Å². The van der Waals surface area contributed by atoms with Gasteiger partial charge in [0.15, 0.2) is 0 Å². The van der Waals surface area contributed by atoms with Crippen LogP contribution in [0.1, 0.15) is 43.4 Å². The summed E-state index contributed by atoms with van der Waals surface area (Å²) in [5.41, 5.74) is 1.73. The van der Waals surface area contributed by atoms with Crippen molar-refractivity contribution in [3.8, 4) is 0 Å². The van der Waals surface area contributed by atoms with Crippen LogP contribution in [0.15, 0.2) is 6.20 Å². The smallest absolute Gasteiger partial charge is 0.331 e. The summed E-state index contributed by atoms with van der Waals surface area (Å²) < 4.78 is 39.9.